The highest BCUT2D eigenvalue weighted by Crippen LogP contribution is 2.36. The normalized spacial score (nSPS) is 10.9. The van der Waals surface area contributed by atoms with E-state index >= 15 is 0 Å². The van der Waals surface area contributed by atoms with E-state index in [1.54, 1.807) is 6.07 Å². The number of rotatable bonds is 5. The molecule has 0 spiro atoms. The van der Waals surface area contributed by atoms with Crippen LogP contribution in [-0.2, 0) is 4.79 Å². The van der Waals surface area contributed by atoms with Crippen molar-refractivity contribution >= 4 is 33.5 Å². The number of fused-ring (bicyclic) bond motifs is 3. The summed E-state index contributed by atoms with van der Waals surface area (Å²) < 4.78 is 29.5. The largest absolute Gasteiger partial charge is 0.495 e. The SMILES string of the molecule is COc1cc2c(cc1NC(=O)COc1ccc(F)cc1)oc1ccccc12. The van der Waals surface area contributed by atoms with Crippen LogP contribution in [0, 0.1) is 5.82 Å². The van der Waals surface area contributed by atoms with Gasteiger partial charge in [-0.2, -0.15) is 0 Å². The summed E-state index contributed by atoms with van der Waals surface area (Å²) >= 11 is 0. The third kappa shape index (κ3) is 3.42. The molecule has 6 heteroatoms. The molecule has 1 N–H and O–H groups in total. The molecule has 0 aliphatic carbocycles. The Bertz CT molecular complexity index is 1120. The molecule has 27 heavy (non-hydrogen) atoms. The summed E-state index contributed by atoms with van der Waals surface area (Å²) in [5, 5.41) is 4.64. The van der Waals surface area contributed by atoms with Crippen LogP contribution in [0.2, 0.25) is 0 Å². The zero-order chi connectivity index (χ0) is 18.8. The van der Waals surface area contributed by atoms with Gasteiger partial charge in [-0.1, -0.05) is 18.2 Å². The Morgan fingerprint density at radius 3 is 2.59 bits per heavy atom. The Morgan fingerprint density at radius 2 is 1.81 bits per heavy atom. The molecule has 0 atom stereocenters. The van der Waals surface area contributed by atoms with E-state index in [1.165, 1.54) is 31.4 Å². The number of carbonyl (C=O) groups excluding carboxylic acids is 1. The van der Waals surface area contributed by atoms with Crippen LogP contribution in [0.15, 0.2) is 65.1 Å². The molecular weight excluding hydrogens is 349 g/mol. The minimum Gasteiger partial charge on any atom is -0.495 e. The molecule has 3 aromatic carbocycles. The van der Waals surface area contributed by atoms with Crippen LogP contribution < -0.4 is 14.8 Å². The second-order valence-corrected chi connectivity index (χ2v) is 5.94. The summed E-state index contributed by atoms with van der Waals surface area (Å²) in [6.07, 6.45) is 0. The Kier molecular flexibility index (Phi) is 4.38. The van der Waals surface area contributed by atoms with Crippen LogP contribution in [0.3, 0.4) is 0 Å². The number of ether oxygens (including phenoxy) is 2. The second kappa shape index (κ2) is 6.99. The molecule has 0 unspecified atom stereocenters. The lowest BCUT2D eigenvalue weighted by molar-refractivity contribution is -0.118. The van der Waals surface area contributed by atoms with Crippen molar-refractivity contribution in [2.24, 2.45) is 0 Å². The van der Waals surface area contributed by atoms with Crippen molar-refractivity contribution in [3.05, 3.63) is 66.5 Å². The number of halogens is 1. The molecule has 0 aliphatic heterocycles. The average Bonchev–Trinajstić information content (AvgIpc) is 3.04. The van der Waals surface area contributed by atoms with Gasteiger partial charge in [-0.3, -0.25) is 4.79 Å². The maximum absolute atomic E-state index is 12.9. The van der Waals surface area contributed by atoms with Crippen LogP contribution in [0.1, 0.15) is 0 Å². The van der Waals surface area contributed by atoms with Crippen molar-refractivity contribution in [1.82, 2.24) is 0 Å². The zero-order valence-corrected chi connectivity index (χ0v) is 14.5. The van der Waals surface area contributed by atoms with E-state index in [1.807, 2.05) is 30.3 Å². The number of carbonyl (C=O) groups is 1. The Morgan fingerprint density at radius 1 is 1.04 bits per heavy atom. The van der Waals surface area contributed by atoms with Crippen molar-refractivity contribution in [2.45, 2.75) is 0 Å². The van der Waals surface area contributed by atoms with E-state index in [0.29, 0.717) is 22.8 Å². The number of furan rings is 1. The molecule has 4 aromatic rings. The minimum atomic E-state index is -0.368. The van der Waals surface area contributed by atoms with E-state index in [-0.39, 0.29) is 18.3 Å². The first-order chi connectivity index (χ1) is 13.1. The summed E-state index contributed by atoms with van der Waals surface area (Å²) in [7, 11) is 1.54. The van der Waals surface area contributed by atoms with Crippen molar-refractivity contribution < 1.29 is 23.1 Å². The van der Waals surface area contributed by atoms with Gasteiger partial charge in [-0.05, 0) is 36.4 Å². The monoisotopic (exact) mass is 365 g/mol. The third-order valence-corrected chi connectivity index (χ3v) is 4.16. The maximum atomic E-state index is 12.9. The number of methoxy groups -OCH3 is 1. The van der Waals surface area contributed by atoms with Crippen LogP contribution in [0.25, 0.3) is 21.9 Å². The maximum Gasteiger partial charge on any atom is 0.262 e. The van der Waals surface area contributed by atoms with Gasteiger partial charge >= 0.3 is 0 Å². The molecule has 5 nitrogen and oxygen atoms in total. The number of amides is 1. The molecule has 0 aliphatic rings. The zero-order valence-electron chi connectivity index (χ0n) is 14.5. The highest BCUT2D eigenvalue weighted by molar-refractivity contribution is 6.07. The van der Waals surface area contributed by atoms with Gasteiger partial charge in [-0.15, -0.1) is 0 Å². The van der Waals surface area contributed by atoms with Gasteiger partial charge in [0.2, 0.25) is 0 Å². The quantitative estimate of drug-likeness (QED) is 0.554. The molecule has 0 saturated carbocycles. The van der Waals surface area contributed by atoms with Gasteiger partial charge in [0.25, 0.3) is 5.91 Å². The molecule has 4 rings (SSSR count). The van der Waals surface area contributed by atoms with Crippen LogP contribution in [0.4, 0.5) is 10.1 Å². The highest BCUT2D eigenvalue weighted by atomic mass is 19.1. The number of para-hydroxylation sites is 1. The third-order valence-electron chi connectivity index (χ3n) is 4.16. The van der Waals surface area contributed by atoms with Crippen LogP contribution in [-0.4, -0.2) is 19.6 Å². The number of anilines is 1. The summed E-state index contributed by atoms with van der Waals surface area (Å²) in [6.45, 7) is -0.215. The Labute approximate surface area is 154 Å². The topological polar surface area (TPSA) is 60.7 Å². The van der Waals surface area contributed by atoms with Crippen molar-refractivity contribution in [3.8, 4) is 11.5 Å². The molecule has 0 saturated heterocycles. The molecule has 0 fully saturated rings. The molecule has 0 bridgehead atoms. The van der Waals surface area contributed by atoms with E-state index < -0.39 is 0 Å². The smallest absolute Gasteiger partial charge is 0.262 e. The Balaban J connectivity index is 1.56. The second-order valence-electron chi connectivity index (χ2n) is 5.94. The fourth-order valence-electron chi connectivity index (χ4n) is 2.88. The first-order valence-electron chi connectivity index (χ1n) is 8.31. The van der Waals surface area contributed by atoms with Crippen molar-refractivity contribution in [1.29, 1.82) is 0 Å². The lowest BCUT2D eigenvalue weighted by atomic mass is 10.1. The van der Waals surface area contributed by atoms with Gasteiger partial charge in [0.15, 0.2) is 6.61 Å². The van der Waals surface area contributed by atoms with Gasteiger partial charge in [0.1, 0.15) is 28.5 Å². The van der Waals surface area contributed by atoms with Gasteiger partial charge in [0, 0.05) is 16.8 Å². The molecule has 1 amide bonds. The summed E-state index contributed by atoms with van der Waals surface area (Å²) in [5.74, 6) is 0.194. The molecule has 136 valence electrons. The number of nitrogens with one attached hydrogen (secondary N) is 1. The minimum absolute atomic E-state index is 0.215. The molecule has 0 radical (unpaired) electrons. The first kappa shape index (κ1) is 16.9. The van der Waals surface area contributed by atoms with Crippen LogP contribution >= 0.6 is 0 Å². The summed E-state index contributed by atoms with van der Waals surface area (Å²) in [4.78, 5) is 12.2. The molecular formula is C21H16FNO4. The molecule has 1 aromatic heterocycles. The van der Waals surface area contributed by atoms with E-state index in [9.17, 15) is 9.18 Å². The van der Waals surface area contributed by atoms with Gasteiger partial charge < -0.3 is 19.2 Å². The standard InChI is InChI=1S/C21H16FNO4/c1-25-20-10-16-15-4-2-3-5-18(15)27-19(16)11-17(20)23-21(24)12-26-14-8-6-13(22)7-9-14/h2-11H,12H2,1H3,(H,23,24). The first-order valence-corrected chi connectivity index (χ1v) is 8.31. The summed E-state index contributed by atoms with van der Waals surface area (Å²) in [6, 6.07) is 16.7. The van der Waals surface area contributed by atoms with E-state index in [2.05, 4.69) is 5.32 Å². The van der Waals surface area contributed by atoms with E-state index in [0.717, 1.165) is 16.4 Å². The van der Waals surface area contributed by atoms with Gasteiger partial charge in [-0.25, -0.2) is 4.39 Å². The summed E-state index contributed by atoms with van der Waals surface area (Å²) in [5.41, 5.74) is 1.89. The predicted octanol–water partition coefficient (Wildman–Crippen LogP) is 4.75. The number of benzene rings is 3. The van der Waals surface area contributed by atoms with E-state index in [4.69, 9.17) is 13.9 Å². The lowest BCUT2D eigenvalue weighted by Crippen LogP contribution is -2.20. The fourth-order valence-corrected chi connectivity index (χ4v) is 2.88. The molecule has 1 heterocycles. The Hall–Kier alpha value is -3.54. The van der Waals surface area contributed by atoms with Crippen LogP contribution in [0.5, 0.6) is 11.5 Å². The van der Waals surface area contributed by atoms with Gasteiger partial charge in [0.05, 0.1) is 12.8 Å². The van der Waals surface area contributed by atoms with Crippen molar-refractivity contribution in [2.75, 3.05) is 19.0 Å². The highest BCUT2D eigenvalue weighted by Gasteiger charge is 2.14. The number of hydrogen-bond acceptors (Lipinski definition) is 4. The average molecular weight is 365 g/mol. The fraction of sp³-hybridized carbons (Fsp3) is 0.0952. The number of hydrogen-bond donors (Lipinski definition) is 1. The lowest BCUT2D eigenvalue weighted by Gasteiger charge is -2.11. The predicted molar refractivity (Wildman–Crippen MR) is 101 cm³/mol. The van der Waals surface area contributed by atoms with Crippen molar-refractivity contribution in [3.63, 3.8) is 0 Å².